The van der Waals surface area contributed by atoms with Crippen LogP contribution in [0.2, 0.25) is 0 Å². The number of anilines is 2. The number of nitrogens with one attached hydrogen (secondary N) is 1. The maximum Gasteiger partial charge on any atom is 0.350 e. The third-order valence-corrected chi connectivity index (χ3v) is 8.31. The second-order valence-electron chi connectivity index (χ2n) is 6.16. The van der Waals surface area contributed by atoms with Crippen molar-refractivity contribution in [3.8, 4) is 5.75 Å². The molecule has 31 heavy (non-hydrogen) atoms. The van der Waals surface area contributed by atoms with Gasteiger partial charge in [0.05, 0.1) is 18.5 Å². The predicted octanol–water partition coefficient (Wildman–Crippen LogP) is 3.14. The van der Waals surface area contributed by atoms with Crippen molar-refractivity contribution in [2.75, 3.05) is 30.4 Å². The number of hydrogen-bond donors (Lipinski definition) is 1. The number of ether oxygens (including phenoxy) is 2. The minimum Gasteiger partial charge on any atom is -0.484 e. The molecule has 3 rings (SSSR count). The number of rotatable bonds is 8. The Kier molecular flexibility index (Phi) is 6.93. The molecule has 2 aromatic heterocycles. The van der Waals surface area contributed by atoms with Crippen LogP contribution in [0.5, 0.6) is 5.75 Å². The molecule has 1 amide bonds. The molecule has 1 aromatic carbocycles. The first kappa shape index (κ1) is 22.7. The number of aryl methyl sites for hydroxylation is 1. The average molecular weight is 482 g/mol. The second kappa shape index (κ2) is 9.45. The molecule has 0 atom stereocenters. The van der Waals surface area contributed by atoms with Crippen molar-refractivity contribution in [3.63, 3.8) is 0 Å². The zero-order valence-electron chi connectivity index (χ0n) is 16.8. The summed E-state index contributed by atoms with van der Waals surface area (Å²) in [6, 6.07) is 9.55. The molecule has 0 radical (unpaired) electrons. The van der Waals surface area contributed by atoms with Gasteiger partial charge in [0.15, 0.2) is 11.7 Å². The molecule has 0 bridgehead atoms. The fourth-order valence-corrected chi connectivity index (χ4v) is 5.73. The minimum atomic E-state index is -3.62. The first-order valence-electron chi connectivity index (χ1n) is 8.83. The normalized spacial score (nSPS) is 11.1. The Balaban J connectivity index is 1.58. The summed E-state index contributed by atoms with van der Waals surface area (Å²) in [7, 11) is -0.882. The monoisotopic (exact) mass is 481 g/mol. The zero-order valence-corrected chi connectivity index (χ0v) is 19.3. The number of aromatic nitrogens is 1. The Labute approximate surface area is 187 Å². The Hall–Kier alpha value is -2.96. The number of benzene rings is 1. The van der Waals surface area contributed by atoms with Gasteiger partial charge in [-0.3, -0.25) is 14.4 Å². The Morgan fingerprint density at radius 3 is 2.52 bits per heavy atom. The molecule has 0 fully saturated rings. The van der Waals surface area contributed by atoms with E-state index in [1.165, 1.54) is 18.5 Å². The molecular formula is C19H19N3O6S3. The van der Waals surface area contributed by atoms with Gasteiger partial charge in [-0.05, 0) is 42.6 Å². The van der Waals surface area contributed by atoms with Crippen LogP contribution < -0.4 is 14.4 Å². The van der Waals surface area contributed by atoms with Crippen LogP contribution in [0.1, 0.15) is 15.4 Å². The largest absolute Gasteiger partial charge is 0.484 e. The van der Waals surface area contributed by atoms with Crippen LogP contribution in [0.15, 0.2) is 46.0 Å². The molecule has 0 saturated carbocycles. The maximum absolute atomic E-state index is 12.6. The van der Waals surface area contributed by atoms with Crippen molar-refractivity contribution in [2.24, 2.45) is 0 Å². The predicted molar refractivity (Wildman–Crippen MR) is 119 cm³/mol. The summed E-state index contributed by atoms with van der Waals surface area (Å²) in [5.74, 6) is -0.573. The molecule has 12 heteroatoms. The van der Waals surface area contributed by atoms with Gasteiger partial charge in [-0.2, -0.15) is 0 Å². The van der Waals surface area contributed by atoms with E-state index in [9.17, 15) is 18.0 Å². The van der Waals surface area contributed by atoms with E-state index in [4.69, 9.17) is 4.74 Å². The zero-order chi connectivity index (χ0) is 22.6. The minimum absolute atomic E-state index is 0.250. The Morgan fingerprint density at radius 2 is 1.90 bits per heavy atom. The maximum atomic E-state index is 12.6. The topological polar surface area (TPSA) is 115 Å². The fraction of sp³-hybridized carbons (Fsp3) is 0.211. The van der Waals surface area contributed by atoms with Crippen molar-refractivity contribution in [2.45, 2.75) is 11.1 Å². The molecular weight excluding hydrogens is 462 g/mol. The summed E-state index contributed by atoms with van der Waals surface area (Å²) in [5, 5.41) is 4.53. The molecule has 164 valence electrons. The Bertz CT molecular complexity index is 1170. The highest BCUT2D eigenvalue weighted by molar-refractivity contribution is 7.94. The van der Waals surface area contributed by atoms with Gasteiger partial charge in [0.2, 0.25) is 0 Å². The highest BCUT2D eigenvalue weighted by Gasteiger charge is 2.22. The highest BCUT2D eigenvalue weighted by atomic mass is 32.2. The van der Waals surface area contributed by atoms with Crippen LogP contribution >= 0.6 is 22.7 Å². The smallest absolute Gasteiger partial charge is 0.350 e. The van der Waals surface area contributed by atoms with Gasteiger partial charge >= 0.3 is 5.97 Å². The average Bonchev–Trinajstić information content (AvgIpc) is 3.42. The summed E-state index contributed by atoms with van der Waals surface area (Å²) in [6.07, 6.45) is 0. The molecule has 9 nitrogen and oxygen atoms in total. The SMILES string of the molecule is COC(=O)c1sc(NC(=O)COc2ccc(N(C)S(=O)(=O)c3cccs3)cc2)nc1C. The first-order chi connectivity index (χ1) is 14.7. The summed E-state index contributed by atoms with van der Waals surface area (Å²) >= 11 is 2.16. The van der Waals surface area contributed by atoms with Crippen molar-refractivity contribution in [1.29, 1.82) is 0 Å². The van der Waals surface area contributed by atoms with Crippen LogP contribution in [-0.2, 0) is 19.6 Å². The number of amides is 1. The number of carbonyl (C=O) groups excluding carboxylic acids is 2. The number of esters is 1. The van der Waals surface area contributed by atoms with E-state index in [-0.39, 0.29) is 15.9 Å². The van der Waals surface area contributed by atoms with Crippen molar-refractivity contribution >= 4 is 55.4 Å². The van der Waals surface area contributed by atoms with Gasteiger partial charge in [0, 0.05) is 7.05 Å². The number of methoxy groups -OCH3 is 1. The molecule has 0 aliphatic carbocycles. The van der Waals surface area contributed by atoms with Crippen molar-refractivity contribution in [1.82, 2.24) is 4.98 Å². The highest BCUT2D eigenvalue weighted by Crippen LogP contribution is 2.27. The lowest BCUT2D eigenvalue weighted by Gasteiger charge is -2.18. The van der Waals surface area contributed by atoms with E-state index >= 15 is 0 Å². The van der Waals surface area contributed by atoms with E-state index in [2.05, 4.69) is 15.0 Å². The lowest BCUT2D eigenvalue weighted by molar-refractivity contribution is -0.118. The van der Waals surface area contributed by atoms with Crippen LogP contribution in [0, 0.1) is 6.92 Å². The second-order valence-corrected chi connectivity index (χ2v) is 10.3. The van der Waals surface area contributed by atoms with Crippen LogP contribution in [0.3, 0.4) is 0 Å². The molecule has 0 aliphatic heterocycles. The fourth-order valence-electron chi connectivity index (χ4n) is 2.47. The Morgan fingerprint density at radius 1 is 1.19 bits per heavy atom. The standard InChI is InChI=1S/C19H19N3O6S3/c1-12-17(18(24)27-3)30-19(20-12)21-15(23)11-28-14-8-6-13(7-9-14)22(2)31(25,26)16-5-4-10-29-16/h4-10H,11H2,1-3H3,(H,20,21,23). The number of hydrogen-bond acceptors (Lipinski definition) is 9. The van der Waals surface area contributed by atoms with E-state index in [1.807, 2.05) is 0 Å². The van der Waals surface area contributed by atoms with Gasteiger partial charge in [-0.15, -0.1) is 11.3 Å². The summed E-state index contributed by atoms with van der Waals surface area (Å²) in [6.45, 7) is 1.36. The summed E-state index contributed by atoms with van der Waals surface area (Å²) < 4.78 is 36.7. The molecule has 0 saturated heterocycles. The van der Waals surface area contributed by atoms with Gasteiger partial charge in [-0.25, -0.2) is 18.2 Å². The van der Waals surface area contributed by atoms with Gasteiger partial charge in [-0.1, -0.05) is 17.4 Å². The van der Waals surface area contributed by atoms with E-state index in [0.717, 1.165) is 22.7 Å². The summed E-state index contributed by atoms with van der Waals surface area (Å²) in [4.78, 5) is 28.2. The van der Waals surface area contributed by atoms with Gasteiger partial charge in [0.25, 0.3) is 15.9 Å². The third-order valence-electron chi connectivity index (χ3n) is 4.09. The molecule has 0 unspecified atom stereocenters. The van der Waals surface area contributed by atoms with Crippen molar-refractivity contribution < 1.29 is 27.5 Å². The lowest BCUT2D eigenvalue weighted by atomic mass is 10.3. The van der Waals surface area contributed by atoms with Crippen LogP contribution in [0.25, 0.3) is 0 Å². The molecule has 1 N–H and O–H groups in total. The third kappa shape index (κ3) is 5.21. The number of sulfonamides is 1. The van der Waals surface area contributed by atoms with E-state index < -0.39 is 21.9 Å². The van der Waals surface area contributed by atoms with Gasteiger partial charge < -0.3 is 9.47 Å². The number of thiazole rings is 1. The van der Waals surface area contributed by atoms with E-state index in [1.54, 1.807) is 48.7 Å². The first-order valence-corrected chi connectivity index (χ1v) is 12.0. The number of thiophene rings is 1. The summed E-state index contributed by atoms with van der Waals surface area (Å²) in [5.41, 5.74) is 0.920. The number of carbonyl (C=O) groups is 2. The number of nitrogens with zero attached hydrogens (tertiary/aromatic N) is 2. The molecule has 0 spiro atoms. The quantitative estimate of drug-likeness (QED) is 0.492. The van der Waals surface area contributed by atoms with Crippen LogP contribution in [-0.4, -0.2) is 46.0 Å². The molecule has 0 aliphatic rings. The molecule has 2 heterocycles. The van der Waals surface area contributed by atoms with E-state index in [0.29, 0.717) is 22.0 Å². The lowest BCUT2D eigenvalue weighted by Crippen LogP contribution is -2.25. The van der Waals surface area contributed by atoms with Crippen LogP contribution in [0.4, 0.5) is 10.8 Å². The van der Waals surface area contributed by atoms with Gasteiger partial charge in [0.1, 0.15) is 14.8 Å². The van der Waals surface area contributed by atoms with Crippen molar-refractivity contribution in [3.05, 3.63) is 52.3 Å². The molecule has 3 aromatic rings.